The lowest BCUT2D eigenvalue weighted by atomic mass is 9.86. The summed E-state index contributed by atoms with van der Waals surface area (Å²) >= 11 is 1.94. The molecule has 3 rings (SSSR count). The number of nitrogens with one attached hydrogen (secondary N) is 1. The number of hydrogen-bond donors (Lipinski definition) is 1. The SMILES string of the molecule is Cc1cc(C(C)(C)C)ccc1SCCCCOc1ccc2c(c1)CCC(=O)N2. The maximum absolute atomic E-state index is 11.4. The molecule has 0 fully saturated rings. The van der Waals surface area contributed by atoms with Crippen LogP contribution in [0, 0.1) is 6.92 Å². The highest BCUT2D eigenvalue weighted by Crippen LogP contribution is 2.30. The molecule has 0 aromatic heterocycles. The average Bonchev–Trinajstić information content (AvgIpc) is 2.64. The van der Waals surface area contributed by atoms with Crippen molar-refractivity contribution < 1.29 is 9.53 Å². The fourth-order valence-corrected chi connectivity index (χ4v) is 4.32. The van der Waals surface area contributed by atoms with E-state index in [9.17, 15) is 4.79 Å². The Kier molecular flexibility index (Phi) is 6.71. The topological polar surface area (TPSA) is 38.3 Å². The van der Waals surface area contributed by atoms with Crippen LogP contribution in [0.15, 0.2) is 41.3 Å². The molecule has 1 aliphatic heterocycles. The molecule has 2 aromatic carbocycles. The van der Waals surface area contributed by atoms with E-state index < -0.39 is 0 Å². The molecular weight excluding hydrogens is 366 g/mol. The Hall–Kier alpha value is -1.94. The first kappa shape index (κ1) is 20.8. The second-order valence-corrected chi connectivity index (χ2v) is 9.64. The Bertz CT molecular complexity index is 839. The van der Waals surface area contributed by atoms with Crippen LogP contribution in [0.25, 0.3) is 0 Å². The summed E-state index contributed by atoms with van der Waals surface area (Å²) in [6.45, 7) is 9.71. The van der Waals surface area contributed by atoms with Gasteiger partial charge in [-0.25, -0.2) is 0 Å². The standard InChI is InChI=1S/C24H31NO2S/c1-17-15-19(24(2,3)4)8-11-22(17)28-14-6-5-13-27-20-9-10-21-18(16-20)7-12-23(26)25-21/h8-11,15-16H,5-7,12-14H2,1-4H3,(H,25,26). The molecule has 1 amide bonds. The fourth-order valence-electron chi connectivity index (χ4n) is 3.30. The van der Waals surface area contributed by atoms with Crippen LogP contribution in [-0.2, 0) is 16.6 Å². The number of unbranched alkanes of at least 4 members (excludes halogenated alkanes) is 1. The number of carbonyl (C=O) groups is 1. The summed E-state index contributed by atoms with van der Waals surface area (Å²) in [7, 11) is 0. The number of hydrogen-bond acceptors (Lipinski definition) is 3. The van der Waals surface area contributed by atoms with E-state index in [0.29, 0.717) is 6.42 Å². The van der Waals surface area contributed by atoms with Gasteiger partial charge in [-0.05, 0) is 78.3 Å². The third kappa shape index (κ3) is 5.54. The first-order valence-electron chi connectivity index (χ1n) is 10.1. The molecule has 150 valence electrons. The average molecular weight is 398 g/mol. The van der Waals surface area contributed by atoms with E-state index in [1.165, 1.54) is 21.6 Å². The Labute approximate surface area is 173 Å². The molecule has 2 aromatic rings. The summed E-state index contributed by atoms with van der Waals surface area (Å²) < 4.78 is 5.91. The minimum atomic E-state index is 0.0990. The van der Waals surface area contributed by atoms with Crippen molar-refractivity contribution in [1.82, 2.24) is 0 Å². The van der Waals surface area contributed by atoms with Gasteiger partial charge < -0.3 is 10.1 Å². The summed E-state index contributed by atoms with van der Waals surface area (Å²) in [6, 6.07) is 12.8. The molecular formula is C24H31NO2S. The van der Waals surface area contributed by atoms with Crippen molar-refractivity contribution in [2.75, 3.05) is 17.7 Å². The van der Waals surface area contributed by atoms with Gasteiger partial charge in [0.15, 0.2) is 0 Å². The number of rotatable bonds is 7. The second-order valence-electron chi connectivity index (χ2n) is 8.50. The minimum absolute atomic E-state index is 0.0990. The number of benzene rings is 2. The van der Waals surface area contributed by atoms with Crippen molar-refractivity contribution in [3.63, 3.8) is 0 Å². The number of thioether (sulfide) groups is 1. The molecule has 1 aliphatic rings. The third-order valence-electron chi connectivity index (χ3n) is 5.08. The number of ether oxygens (including phenoxy) is 1. The second kappa shape index (κ2) is 9.04. The molecule has 0 saturated carbocycles. The van der Waals surface area contributed by atoms with E-state index in [2.05, 4.69) is 57.3 Å². The molecule has 0 atom stereocenters. The van der Waals surface area contributed by atoms with Gasteiger partial charge in [0.2, 0.25) is 5.91 Å². The number of aryl methyl sites for hydroxylation is 2. The molecule has 0 saturated heterocycles. The van der Waals surface area contributed by atoms with Crippen LogP contribution in [0.2, 0.25) is 0 Å². The quantitative estimate of drug-likeness (QED) is 0.451. The van der Waals surface area contributed by atoms with Crippen LogP contribution in [0.3, 0.4) is 0 Å². The van der Waals surface area contributed by atoms with Gasteiger partial charge in [0.1, 0.15) is 5.75 Å². The first-order chi connectivity index (χ1) is 13.3. The van der Waals surface area contributed by atoms with Gasteiger partial charge in [0, 0.05) is 17.0 Å². The Morgan fingerprint density at radius 1 is 1.07 bits per heavy atom. The molecule has 0 bridgehead atoms. The highest BCUT2D eigenvalue weighted by atomic mass is 32.2. The smallest absolute Gasteiger partial charge is 0.224 e. The molecule has 28 heavy (non-hydrogen) atoms. The number of anilines is 1. The summed E-state index contributed by atoms with van der Waals surface area (Å²) in [6.07, 6.45) is 3.53. The van der Waals surface area contributed by atoms with Gasteiger partial charge in [-0.1, -0.05) is 32.9 Å². The fraction of sp³-hybridized carbons (Fsp3) is 0.458. The highest BCUT2D eigenvalue weighted by molar-refractivity contribution is 7.99. The van der Waals surface area contributed by atoms with E-state index in [1.807, 2.05) is 23.9 Å². The first-order valence-corrected chi connectivity index (χ1v) is 11.1. The van der Waals surface area contributed by atoms with E-state index in [-0.39, 0.29) is 11.3 Å². The monoisotopic (exact) mass is 397 g/mol. The van der Waals surface area contributed by atoms with E-state index in [4.69, 9.17) is 4.74 Å². The molecule has 0 radical (unpaired) electrons. The zero-order valence-electron chi connectivity index (χ0n) is 17.4. The number of amides is 1. The van der Waals surface area contributed by atoms with E-state index in [0.717, 1.165) is 43.1 Å². The number of fused-ring (bicyclic) bond motifs is 1. The van der Waals surface area contributed by atoms with Crippen LogP contribution in [-0.4, -0.2) is 18.3 Å². The van der Waals surface area contributed by atoms with Crippen molar-refractivity contribution in [2.45, 2.75) is 63.7 Å². The molecule has 3 nitrogen and oxygen atoms in total. The van der Waals surface area contributed by atoms with Crippen molar-refractivity contribution >= 4 is 23.4 Å². The lowest BCUT2D eigenvalue weighted by Gasteiger charge is -2.20. The van der Waals surface area contributed by atoms with Gasteiger partial charge >= 0.3 is 0 Å². The Morgan fingerprint density at radius 3 is 2.64 bits per heavy atom. The van der Waals surface area contributed by atoms with Crippen LogP contribution < -0.4 is 10.1 Å². The maximum Gasteiger partial charge on any atom is 0.224 e. The summed E-state index contributed by atoms with van der Waals surface area (Å²) in [5.41, 5.74) is 5.06. The predicted octanol–water partition coefficient (Wildman–Crippen LogP) is 6.13. The molecule has 4 heteroatoms. The highest BCUT2D eigenvalue weighted by Gasteiger charge is 2.15. The molecule has 0 aliphatic carbocycles. The van der Waals surface area contributed by atoms with Crippen LogP contribution in [0.5, 0.6) is 5.75 Å². The van der Waals surface area contributed by atoms with Gasteiger partial charge in [-0.3, -0.25) is 4.79 Å². The largest absolute Gasteiger partial charge is 0.494 e. The lowest BCUT2D eigenvalue weighted by Crippen LogP contribution is -2.18. The lowest BCUT2D eigenvalue weighted by molar-refractivity contribution is -0.116. The molecule has 1 heterocycles. The normalized spacial score (nSPS) is 13.8. The van der Waals surface area contributed by atoms with Crippen molar-refractivity contribution in [3.8, 4) is 5.75 Å². The number of carbonyl (C=O) groups excluding carboxylic acids is 1. The van der Waals surface area contributed by atoms with Gasteiger partial charge in [-0.2, -0.15) is 0 Å². The van der Waals surface area contributed by atoms with Crippen LogP contribution in [0.1, 0.15) is 56.7 Å². The summed E-state index contributed by atoms with van der Waals surface area (Å²) in [5, 5.41) is 2.91. The minimum Gasteiger partial charge on any atom is -0.494 e. The van der Waals surface area contributed by atoms with Crippen molar-refractivity contribution in [3.05, 3.63) is 53.1 Å². The summed E-state index contributed by atoms with van der Waals surface area (Å²) in [4.78, 5) is 12.8. The van der Waals surface area contributed by atoms with Crippen LogP contribution in [0.4, 0.5) is 5.69 Å². The van der Waals surface area contributed by atoms with E-state index in [1.54, 1.807) is 0 Å². The van der Waals surface area contributed by atoms with Crippen LogP contribution >= 0.6 is 11.8 Å². The Morgan fingerprint density at radius 2 is 1.89 bits per heavy atom. The van der Waals surface area contributed by atoms with Gasteiger partial charge in [0.05, 0.1) is 6.61 Å². The third-order valence-corrected chi connectivity index (χ3v) is 6.34. The van der Waals surface area contributed by atoms with Crippen molar-refractivity contribution in [1.29, 1.82) is 0 Å². The Balaban J connectivity index is 1.39. The summed E-state index contributed by atoms with van der Waals surface area (Å²) in [5.74, 6) is 2.10. The predicted molar refractivity (Wildman–Crippen MR) is 119 cm³/mol. The van der Waals surface area contributed by atoms with E-state index >= 15 is 0 Å². The van der Waals surface area contributed by atoms with Crippen molar-refractivity contribution in [2.24, 2.45) is 0 Å². The maximum atomic E-state index is 11.4. The molecule has 0 unspecified atom stereocenters. The van der Waals surface area contributed by atoms with Gasteiger partial charge in [-0.15, -0.1) is 11.8 Å². The zero-order valence-corrected chi connectivity index (χ0v) is 18.2. The molecule has 1 N–H and O–H groups in total. The van der Waals surface area contributed by atoms with Gasteiger partial charge in [0.25, 0.3) is 0 Å². The molecule has 0 spiro atoms. The zero-order chi connectivity index (χ0) is 20.1.